The largest absolute Gasteiger partial charge is 0.280 e. The fraction of sp³-hybridized carbons (Fsp3) is 0.692. The van der Waals surface area contributed by atoms with Crippen LogP contribution in [-0.2, 0) is 0 Å². The summed E-state index contributed by atoms with van der Waals surface area (Å²) in [6, 6.07) is 0. The van der Waals surface area contributed by atoms with E-state index in [1.54, 1.807) is 0 Å². The molecule has 0 radical (unpaired) electrons. The van der Waals surface area contributed by atoms with Crippen LogP contribution in [-0.4, -0.2) is 14.8 Å². The summed E-state index contributed by atoms with van der Waals surface area (Å²) in [5, 5.41) is 0. The van der Waals surface area contributed by atoms with Crippen LogP contribution >= 0.6 is 22.2 Å². The molecule has 0 aromatic heterocycles. The Morgan fingerprint density at radius 1 is 1.29 bits per heavy atom. The van der Waals surface area contributed by atoms with E-state index >= 15 is 0 Å². The van der Waals surface area contributed by atoms with E-state index < -0.39 is 14.8 Å². The van der Waals surface area contributed by atoms with Crippen molar-refractivity contribution in [3.8, 4) is 0 Å². The van der Waals surface area contributed by atoms with Crippen molar-refractivity contribution >= 4 is 36.9 Å². The molecule has 0 aromatic carbocycles. The third kappa shape index (κ3) is 3.09. The van der Waals surface area contributed by atoms with Crippen molar-refractivity contribution in [2.75, 3.05) is 0 Å². The molecule has 0 aliphatic carbocycles. The number of allylic oxidation sites excluding steroid dienone is 2. The lowest BCUT2D eigenvalue weighted by Crippen LogP contribution is -2.52. The third-order valence-corrected chi connectivity index (χ3v) is 14.5. The Labute approximate surface area is 118 Å². The highest BCUT2D eigenvalue weighted by molar-refractivity contribution is 7.54. The van der Waals surface area contributed by atoms with Crippen molar-refractivity contribution in [3.63, 3.8) is 0 Å². The molecule has 0 bridgehead atoms. The van der Waals surface area contributed by atoms with Gasteiger partial charge in [-0.3, -0.25) is 0 Å². The Balaban J connectivity index is 3.14. The quantitative estimate of drug-likeness (QED) is 0.468. The van der Waals surface area contributed by atoms with Crippen molar-refractivity contribution < 1.29 is 0 Å². The topological polar surface area (TPSA) is 0 Å². The molecule has 0 amide bonds. The third-order valence-electron chi connectivity index (χ3n) is 3.22. The molecule has 17 heavy (non-hydrogen) atoms. The molecular weight excluding hydrogens is 283 g/mol. The van der Waals surface area contributed by atoms with E-state index in [4.69, 9.17) is 22.2 Å². The van der Waals surface area contributed by atoms with Crippen LogP contribution in [0.3, 0.4) is 0 Å². The van der Waals surface area contributed by atoms with Crippen molar-refractivity contribution in [2.45, 2.75) is 52.4 Å². The van der Waals surface area contributed by atoms with E-state index in [0.717, 1.165) is 6.42 Å². The monoisotopic (exact) mass is 306 g/mol. The van der Waals surface area contributed by atoms with Gasteiger partial charge in [-0.25, -0.2) is 0 Å². The van der Waals surface area contributed by atoms with E-state index in [9.17, 15) is 0 Å². The number of hydrogen-bond donors (Lipinski definition) is 0. The van der Waals surface area contributed by atoms with Gasteiger partial charge in [0.25, 0.3) is 6.69 Å². The number of rotatable bonds is 3. The van der Waals surface area contributed by atoms with Crippen molar-refractivity contribution in [1.29, 1.82) is 0 Å². The van der Waals surface area contributed by atoms with Gasteiger partial charge in [0.2, 0.25) is 0 Å². The predicted octanol–water partition coefficient (Wildman–Crippen LogP) is 5.63. The Hall–Kier alpha value is 0.494. The SMILES string of the molecule is C=CC1=C([Si](C)(C)C)[Si](Cl)(Cl)C1CC(C)(C)C. The average molecular weight is 307 g/mol. The van der Waals surface area contributed by atoms with Gasteiger partial charge in [-0.1, -0.05) is 63.5 Å². The molecule has 1 rings (SSSR count). The predicted molar refractivity (Wildman–Crippen MR) is 85.9 cm³/mol. The maximum Gasteiger partial charge on any atom is 0.280 e. The molecule has 1 unspecified atom stereocenters. The normalized spacial score (nSPS) is 24.6. The Bertz CT molecular complexity index is 357. The maximum atomic E-state index is 6.73. The summed E-state index contributed by atoms with van der Waals surface area (Å²) in [6.45, 7) is 15.5. The van der Waals surface area contributed by atoms with Crippen molar-refractivity contribution in [3.05, 3.63) is 23.0 Å². The Kier molecular flexibility index (Phi) is 4.16. The van der Waals surface area contributed by atoms with Crippen LogP contribution < -0.4 is 0 Å². The van der Waals surface area contributed by atoms with Gasteiger partial charge in [-0.05, 0) is 11.8 Å². The van der Waals surface area contributed by atoms with E-state index in [2.05, 4.69) is 47.0 Å². The molecule has 0 N–H and O–H groups in total. The molecule has 0 nitrogen and oxygen atoms in total. The van der Waals surface area contributed by atoms with Gasteiger partial charge in [-0.15, -0.1) is 22.2 Å². The average Bonchev–Trinajstić information content (AvgIpc) is 2.06. The highest BCUT2D eigenvalue weighted by Crippen LogP contribution is 2.59. The minimum atomic E-state index is -2.22. The first kappa shape index (κ1) is 15.6. The van der Waals surface area contributed by atoms with Gasteiger partial charge in [0.1, 0.15) is 0 Å². The van der Waals surface area contributed by atoms with Crippen LogP contribution in [0.1, 0.15) is 27.2 Å². The van der Waals surface area contributed by atoms with Gasteiger partial charge in [0, 0.05) is 5.54 Å². The molecule has 98 valence electrons. The van der Waals surface area contributed by atoms with Gasteiger partial charge in [0.05, 0.1) is 8.07 Å². The van der Waals surface area contributed by atoms with E-state index in [1.807, 2.05) is 6.08 Å². The van der Waals surface area contributed by atoms with Crippen LogP contribution in [0.5, 0.6) is 0 Å². The summed E-state index contributed by atoms with van der Waals surface area (Å²) in [5.41, 5.74) is 2.02. The number of halogens is 2. The zero-order valence-electron chi connectivity index (χ0n) is 11.8. The zero-order chi connectivity index (χ0) is 13.6. The Morgan fingerprint density at radius 3 is 2.06 bits per heavy atom. The summed E-state index contributed by atoms with van der Waals surface area (Å²) in [7, 11) is -1.40. The molecule has 0 fully saturated rings. The lowest BCUT2D eigenvalue weighted by molar-refractivity contribution is 0.375. The summed E-state index contributed by atoms with van der Waals surface area (Å²) in [5.74, 6) is 0. The summed E-state index contributed by atoms with van der Waals surface area (Å²) in [6.07, 6.45) is 3.07. The first-order chi connectivity index (χ1) is 7.41. The van der Waals surface area contributed by atoms with Crippen molar-refractivity contribution in [1.82, 2.24) is 0 Å². The van der Waals surface area contributed by atoms with Crippen LogP contribution in [0.25, 0.3) is 0 Å². The molecule has 1 aliphatic heterocycles. The first-order valence-electron chi connectivity index (χ1n) is 6.16. The molecule has 0 saturated heterocycles. The summed E-state index contributed by atoms with van der Waals surface area (Å²) < 4.78 is 0. The molecule has 4 heteroatoms. The van der Waals surface area contributed by atoms with Gasteiger partial charge in [-0.2, -0.15) is 0 Å². The van der Waals surface area contributed by atoms with E-state index in [1.165, 1.54) is 10.4 Å². The smallest absolute Gasteiger partial charge is 0.140 e. The minimum absolute atomic E-state index is 0.270. The molecular formula is C13H24Cl2Si2. The zero-order valence-corrected chi connectivity index (χ0v) is 15.3. The van der Waals surface area contributed by atoms with Gasteiger partial charge < -0.3 is 0 Å². The molecule has 0 saturated carbocycles. The van der Waals surface area contributed by atoms with Crippen LogP contribution in [0.15, 0.2) is 23.0 Å². The fourth-order valence-corrected chi connectivity index (χ4v) is 17.7. The lowest BCUT2D eigenvalue weighted by atomic mass is 9.88. The van der Waals surface area contributed by atoms with Crippen molar-refractivity contribution in [2.24, 2.45) is 5.41 Å². The van der Waals surface area contributed by atoms with Crippen LogP contribution in [0.2, 0.25) is 25.2 Å². The molecule has 1 atom stereocenters. The highest BCUT2D eigenvalue weighted by atomic mass is 35.7. The first-order valence-corrected chi connectivity index (χ1v) is 13.8. The second-order valence-electron chi connectivity index (χ2n) is 7.22. The molecule has 1 heterocycles. The summed E-state index contributed by atoms with van der Waals surface area (Å²) >= 11 is 13.5. The number of hydrogen-bond acceptors (Lipinski definition) is 0. The summed E-state index contributed by atoms with van der Waals surface area (Å²) in [4.78, 5) is 1.41. The standard InChI is InChI=1S/C13H24Cl2Si2/c1-8-10-11(9-13(2,3)4)17(14,15)12(10)16(5,6)7/h8,11H,1,9H2,2-7H3. The second-order valence-corrected chi connectivity index (χ2v) is 19.3. The molecule has 0 spiro atoms. The maximum absolute atomic E-state index is 6.73. The molecule has 1 aliphatic rings. The lowest BCUT2D eigenvalue weighted by Gasteiger charge is -2.49. The van der Waals surface area contributed by atoms with E-state index in [-0.39, 0.29) is 5.41 Å². The molecule has 0 aromatic rings. The highest BCUT2D eigenvalue weighted by Gasteiger charge is 2.57. The van der Waals surface area contributed by atoms with Gasteiger partial charge in [0.15, 0.2) is 0 Å². The minimum Gasteiger partial charge on any atom is -0.140 e. The van der Waals surface area contributed by atoms with Gasteiger partial charge >= 0.3 is 0 Å². The Morgan fingerprint density at radius 2 is 1.76 bits per heavy atom. The second kappa shape index (κ2) is 4.55. The van der Waals surface area contributed by atoms with Crippen LogP contribution in [0, 0.1) is 5.41 Å². The van der Waals surface area contributed by atoms with Crippen LogP contribution in [0.4, 0.5) is 0 Å². The van der Waals surface area contributed by atoms with E-state index in [0.29, 0.717) is 5.54 Å². The fourth-order valence-electron chi connectivity index (χ4n) is 2.69.